The smallest absolute Gasteiger partial charge is 0.305 e. The van der Waals surface area contributed by atoms with E-state index in [9.17, 15) is 4.79 Å². The SMILES string of the molecule is COC(=O)CC[C@@H]1CC(CCOCc2ccccc2)C2Cc3[nH]c4ccc(OC)cc4c3CCN2C1. The van der Waals surface area contributed by atoms with Crippen molar-refractivity contribution in [3.05, 3.63) is 65.4 Å². The van der Waals surface area contributed by atoms with E-state index >= 15 is 0 Å². The first-order valence-corrected chi connectivity index (χ1v) is 13.2. The Hall–Kier alpha value is -2.83. The van der Waals surface area contributed by atoms with Gasteiger partial charge < -0.3 is 19.2 Å². The lowest BCUT2D eigenvalue weighted by molar-refractivity contribution is -0.141. The van der Waals surface area contributed by atoms with Gasteiger partial charge in [-0.15, -0.1) is 0 Å². The summed E-state index contributed by atoms with van der Waals surface area (Å²) in [7, 11) is 3.21. The van der Waals surface area contributed by atoms with E-state index < -0.39 is 0 Å². The van der Waals surface area contributed by atoms with Gasteiger partial charge in [0.15, 0.2) is 0 Å². The van der Waals surface area contributed by atoms with Crippen LogP contribution in [0.4, 0.5) is 0 Å². The van der Waals surface area contributed by atoms with Crippen LogP contribution in [-0.4, -0.2) is 55.8 Å². The van der Waals surface area contributed by atoms with E-state index in [0.29, 0.717) is 30.9 Å². The second-order valence-corrected chi connectivity index (χ2v) is 10.3. The minimum absolute atomic E-state index is 0.105. The predicted octanol–water partition coefficient (Wildman–Crippen LogP) is 5.14. The van der Waals surface area contributed by atoms with Crippen LogP contribution in [0, 0.1) is 11.8 Å². The van der Waals surface area contributed by atoms with Crippen molar-refractivity contribution in [1.29, 1.82) is 0 Å². The normalized spacial score (nSPS) is 22.0. The van der Waals surface area contributed by atoms with Gasteiger partial charge in [-0.25, -0.2) is 0 Å². The molecule has 36 heavy (non-hydrogen) atoms. The molecule has 2 aromatic carbocycles. The van der Waals surface area contributed by atoms with Gasteiger partial charge in [0.05, 0.1) is 20.8 Å². The van der Waals surface area contributed by atoms with Crippen molar-refractivity contribution < 1.29 is 19.0 Å². The van der Waals surface area contributed by atoms with Crippen LogP contribution >= 0.6 is 0 Å². The van der Waals surface area contributed by atoms with Crippen LogP contribution in [0.1, 0.15) is 42.5 Å². The Morgan fingerprint density at radius 3 is 2.78 bits per heavy atom. The highest BCUT2D eigenvalue weighted by molar-refractivity contribution is 5.86. The second-order valence-electron chi connectivity index (χ2n) is 10.3. The predicted molar refractivity (Wildman–Crippen MR) is 141 cm³/mol. The molecule has 0 spiro atoms. The number of piperidine rings is 1. The highest BCUT2D eigenvalue weighted by Crippen LogP contribution is 2.38. The summed E-state index contributed by atoms with van der Waals surface area (Å²) < 4.78 is 16.5. The van der Waals surface area contributed by atoms with Gasteiger partial charge in [-0.3, -0.25) is 9.69 Å². The van der Waals surface area contributed by atoms with Crippen LogP contribution in [0.2, 0.25) is 0 Å². The molecular weight excluding hydrogens is 452 g/mol. The number of carbonyl (C=O) groups is 1. The zero-order chi connectivity index (χ0) is 24.9. The number of aromatic nitrogens is 1. The molecule has 192 valence electrons. The van der Waals surface area contributed by atoms with Crippen LogP contribution in [-0.2, 0) is 33.7 Å². The first-order valence-electron chi connectivity index (χ1n) is 13.2. The topological polar surface area (TPSA) is 63.8 Å². The van der Waals surface area contributed by atoms with E-state index in [4.69, 9.17) is 14.2 Å². The molecule has 3 aromatic rings. The van der Waals surface area contributed by atoms with Gasteiger partial charge in [-0.1, -0.05) is 30.3 Å². The van der Waals surface area contributed by atoms with Gasteiger partial charge in [-0.2, -0.15) is 0 Å². The fraction of sp³-hybridized carbons (Fsp3) is 0.500. The fourth-order valence-electron chi connectivity index (χ4n) is 6.25. The largest absolute Gasteiger partial charge is 0.497 e. The number of methoxy groups -OCH3 is 2. The third-order valence-electron chi connectivity index (χ3n) is 8.13. The molecule has 2 unspecified atom stereocenters. The third kappa shape index (κ3) is 5.60. The lowest BCUT2D eigenvalue weighted by Crippen LogP contribution is -2.50. The highest BCUT2D eigenvalue weighted by Gasteiger charge is 2.38. The van der Waals surface area contributed by atoms with E-state index in [1.165, 1.54) is 34.8 Å². The number of hydrogen-bond acceptors (Lipinski definition) is 5. The molecule has 5 rings (SSSR count). The maximum Gasteiger partial charge on any atom is 0.305 e. The molecule has 2 aliphatic heterocycles. The molecule has 1 N–H and O–H groups in total. The lowest BCUT2D eigenvalue weighted by atomic mass is 9.78. The summed E-state index contributed by atoms with van der Waals surface area (Å²) in [6, 6.07) is 17.2. The molecule has 3 atom stereocenters. The number of nitrogens with one attached hydrogen (secondary N) is 1. The number of esters is 1. The summed E-state index contributed by atoms with van der Waals surface area (Å²) >= 11 is 0. The van der Waals surface area contributed by atoms with E-state index in [1.54, 1.807) is 7.11 Å². The quantitative estimate of drug-likeness (QED) is 0.332. The Balaban J connectivity index is 1.31. The van der Waals surface area contributed by atoms with Crippen molar-refractivity contribution in [2.24, 2.45) is 11.8 Å². The van der Waals surface area contributed by atoms with E-state index in [2.05, 4.69) is 46.3 Å². The van der Waals surface area contributed by atoms with E-state index in [1.807, 2.05) is 12.1 Å². The summed E-state index contributed by atoms with van der Waals surface area (Å²) in [6.07, 6.45) is 5.62. The Morgan fingerprint density at radius 1 is 1.11 bits per heavy atom. The first kappa shape index (κ1) is 24.8. The second kappa shape index (κ2) is 11.5. The number of benzene rings is 2. The van der Waals surface area contributed by atoms with E-state index in [0.717, 1.165) is 57.6 Å². The molecule has 2 aliphatic rings. The molecule has 6 nitrogen and oxygen atoms in total. The minimum atomic E-state index is -0.105. The third-order valence-corrected chi connectivity index (χ3v) is 8.13. The van der Waals surface area contributed by atoms with Gasteiger partial charge in [-0.05, 0) is 66.8 Å². The summed E-state index contributed by atoms with van der Waals surface area (Å²) in [6.45, 7) is 3.50. The van der Waals surface area contributed by atoms with Gasteiger partial charge in [0.1, 0.15) is 5.75 Å². The van der Waals surface area contributed by atoms with Gasteiger partial charge in [0.25, 0.3) is 0 Å². The number of nitrogens with zero attached hydrogens (tertiary/aromatic N) is 1. The molecule has 1 fully saturated rings. The van der Waals surface area contributed by atoms with Crippen LogP contribution < -0.4 is 4.74 Å². The van der Waals surface area contributed by atoms with Crippen molar-refractivity contribution in [3.8, 4) is 5.75 Å². The van der Waals surface area contributed by atoms with Crippen LogP contribution in [0.3, 0.4) is 0 Å². The zero-order valence-corrected chi connectivity index (χ0v) is 21.5. The Labute approximate surface area is 213 Å². The van der Waals surface area contributed by atoms with Crippen molar-refractivity contribution in [3.63, 3.8) is 0 Å². The van der Waals surface area contributed by atoms with E-state index in [-0.39, 0.29) is 5.97 Å². The molecule has 1 saturated heterocycles. The summed E-state index contributed by atoms with van der Waals surface area (Å²) in [5.41, 5.74) is 5.22. The molecule has 6 heteroatoms. The highest BCUT2D eigenvalue weighted by atomic mass is 16.5. The van der Waals surface area contributed by atoms with Gasteiger partial charge >= 0.3 is 5.97 Å². The molecule has 0 aliphatic carbocycles. The lowest BCUT2D eigenvalue weighted by Gasteiger charge is -2.44. The average molecular weight is 491 g/mol. The standard InChI is InChI=1S/C30H38N2O4/c1-34-24-9-10-27-26(17-24)25-12-14-32-19-22(8-11-30(33)35-2)16-23(29(32)18-28(25)31-27)13-15-36-20-21-6-4-3-5-7-21/h3-7,9-10,17,22-23,29,31H,8,11-16,18-20H2,1-2H3/t22-,23?,29?/m1/s1. The van der Waals surface area contributed by atoms with Crippen molar-refractivity contribution in [2.45, 2.75) is 51.2 Å². The number of hydrogen-bond donors (Lipinski definition) is 1. The summed E-state index contributed by atoms with van der Waals surface area (Å²) in [5, 5.41) is 1.29. The summed E-state index contributed by atoms with van der Waals surface area (Å²) in [4.78, 5) is 18.3. The Morgan fingerprint density at radius 2 is 1.97 bits per heavy atom. The van der Waals surface area contributed by atoms with Gasteiger partial charge in [0.2, 0.25) is 0 Å². The minimum Gasteiger partial charge on any atom is -0.497 e. The average Bonchev–Trinajstić information content (AvgIpc) is 3.15. The number of rotatable bonds is 9. The maximum atomic E-state index is 11.8. The fourth-order valence-corrected chi connectivity index (χ4v) is 6.25. The molecule has 0 amide bonds. The number of H-pyrrole nitrogens is 1. The van der Waals surface area contributed by atoms with Crippen LogP contribution in [0.5, 0.6) is 5.75 Å². The van der Waals surface area contributed by atoms with Crippen molar-refractivity contribution >= 4 is 16.9 Å². The van der Waals surface area contributed by atoms with Crippen molar-refractivity contribution in [1.82, 2.24) is 9.88 Å². The maximum absolute atomic E-state index is 11.8. The Kier molecular flexibility index (Phi) is 7.93. The molecule has 0 radical (unpaired) electrons. The number of aromatic amines is 1. The number of fused-ring (bicyclic) bond motifs is 4. The van der Waals surface area contributed by atoms with Gasteiger partial charge in [0, 0.05) is 55.2 Å². The molecule has 0 bridgehead atoms. The van der Waals surface area contributed by atoms with Crippen LogP contribution in [0.25, 0.3) is 10.9 Å². The molecule has 0 saturated carbocycles. The Bertz CT molecular complexity index is 1160. The molecular formula is C30H38N2O4. The monoisotopic (exact) mass is 490 g/mol. The first-order chi connectivity index (χ1) is 17.6. The van der Waals surface area contributed by atoms with Crippen LogP contribution in [0.15, 0.2) is 48.5 Å². The number of carbonyl (C=O) groups excluding carboxylic acids is 1. The molecule has 1 aromatic heterocycles. The molecule has 3 heterocycles. The summed E-state index contributed by atoms with van der Waals surface area (Å²) in [5.74, 6) is 1.84. The zero-order valence-electron chi connectivity index (χ0n) is 21.5. The van der Waals surface area contributed by atoms with Crippen molar-refractivity contribution in [2.75, 3.05) is 33.9 Å². The number of ether oxygens (including phenoxy) is 3.